The number of hydrogen-bond acceptors (Lipinski definition) is 3. The summed E-state index contributed by atoms with van der Waals surface area (Å²) >= 11 is 0. The quantitative estimate of drug-likeness (QED) is 0.855. The van der Waals surface area contributed by atoms with E-state index >= 15 is 0 Å². The molecule has 1 aromatic carbocycles. The second-order valence-corrected chi connectivity index (χ2v) is 3.88. The lowest BCUT2D eigenvalue weighted by Gasteiger charge is -2.05. The maximum atomic E-state index is 11.2. The Morgan fingerprint density at radius 2 is 2.00 bits per heavy atom. The zero-order chi connectivity index (χ0) is 13.0. The number of phenolic OH excluding ortho intramolecular Hbond substituents is 1. The maximum Gasteiger partial charge on any atom is 0.250 e. The molecular weight excluding hydrogens is 228 g/mol. The van der Waals surface area contributed by atoms with E-state index in [-0.39, 0.29) is 5.75 Å². The molecule has 4 heteroatoms. The molecule has 0 atom stereocenters. The van der Waals surface area contributed by atoms with E-state index in [9.17, 15) is 9.90 Å². The van der Waals surface area contributed by atoms with Crippen molar-refractivity contribution in [2.75, 3.05) is 0 Å². The largest absolute Gasteiger partial charge is 0.508 e. The van der Waals surface area contributed by atoms with Crippen molar-refractivity contribution in [3.63, 3.8) is 0 Å². The highest BCUT2D eigenvalue weighted by Gasteiger charge is 2.08. The predicted molar refractivity (Wildman–Crippen MR) is 68.0 cm³/mol. The molecule has 1 heterocycles. The first-order valence-electron chi connectivity index (χ1n) is 5.53. The molecule has 91 valence electrons. The topological polar surface area (TPSA) is 76.2 Å². The molecule has 0 unspecified atom stereocenters. The average Bonchev–Trinajstić information content (AvgIpc) is 2.38. The molecule has 0 bridgehead atoms. The lowest BCUT2D eigenvalue weighted by molar-refractivity contribution is 0.0999. The smallest absolute Gasteiger partial charge is 0.250 e. The van der Waals surface area contributed by atoms with Gasteiger partial charge in [-0.3, -0.25) is 9.78 Å². The molecule has 0 aliphatic rings. The van der Waals surface area contributed by atoms with Gasteiger partial charge >= 0.3 is 0 Å². The van der Waals surface area contributed by atoms with E-state index in [1.165, 1.54) is 0 Å². The molecule has 0 spiro atoms. The molecule has 18 heavy (non-hydrogen) atoms. The van der Waals surface area contributed by atoms with Gasteiger partial charge in [-0.15, -0.1) is 0 Å². The molecular formula is C14H13N2O2. The van der Waals surface area contributed by atoms with Crippen LogP contribution >= 0.6 is 0 Å². The van der Waals surface area contributed by atoms with Crippen molar-refractivity contribution >= 4 is 5.91 Å². The second-order valence-electron chi connectivity index (χ2n) is 3.88. The van der Waals surface area contributed by atoms with Gasteiger partial charge in [-0.1, -0.05) is 12.1 Å². The van der Waals surface area contributed by atoms with Gasteiger partial charge in [0.2, 0.25) is 0 Å². The predicted octanol–water partition coefficient (Wildman–Crippen LogP) is 1.68. The highest BCUT2D eigenvalue weighted by molar-refractivity contribution is 5.94. The Bertz CT molecular complexity index is 550. The van der Waals surface area contributed by atoms with Gasteiger partial charge in [0.15, 0.2) is 0 Å². The first kappa shape index (κ1) is 12.1. The minimum absolute atomic E-state index is 0.231. The Morgan fingerprint density at radius 3 is 2.67 bits per heavy atom. The van der Waals surface area contributed by atoms with Crippen LogP contribution in [0.15, 0.2) is 42.6 Å². The van der Waals surface area contributed by atoms with E-state index in [0.717, 1.165) is 5.56 Å². The Labute approximate surface area is 105 Å². The number of hydrogen-bond donors (Lipinski definition) is 2. The number of aromatic nitrogens is 1. The van der Waals surface area contributed by atoms with Gasteiger partial charge in [0.05, 0.1) is 11.3 Å². The second kappa shape index (κ2) is 5.31. The summed E-state index contributed by atoms with van der Waals surface area (Å²) in [6, 6.07) is 10.2. The Morgan fingerprint density at radius 1 is 1.28 bits per heavy atom. The standard InChI is InChI=1S/C14H13N2O2/c15-14(18)12-2-1-9-16-13(12)8-5-10-3-6-11(17)7-4-10/h1-4,6-9,17H,5H2,(H2,15,18). The third-order valence-corrected chi connectivity index (χ3v) is 2.57. The molecule has 0 aliphatic heterocycles. The van der Waals surface area contributed by atoms with Crippen molar-refractivity contribution in [2.45, 2.75) is 6.42 Å². The van der Waals surface area contributed by atoms with Crippen molar-refractivity contribution in [1.82, 2.24) is 4.98 Å². The molecule has 4 nitrogen and oxygen atoms in total. The molecule has 0 saturated carbocycles. The molecule has 3 N–H and O–H groups in total. The van der Waals surface area contributed by atoms with Gasteiger partial charge < -0.3 is 10.8 Å². The number of primary amides is 1. The number of aromatic hydroxyl groups is 1. The minimum Gasteiger partial charge on any atom is -0.508 e. The van der Waals surface area contributed by atoms with Crippen LogP contribution in [0.4, 0.5) is 0 Å². The number of rotatable bonds is 4. The van der Waals surface area contributed by atoms with Gasteiger partial charge in [-0.05, 0) is 36.2 Å². The van der Waals surface area contributed by atoms with Crippen molar-refractivity contribution in [3.05, 3.63) is 65.8 Å². The first-order valence-corrected chi connectivity index (χ1v) is 5.53. The molecule has 0 saturated heterocycles. The zero-order valence-corrected chi connectivity index (χ0v) is 9.71. The number of nitrogens with two attached hydrogens (primary N) is 1. The number of phenols is 1. The van der Waals surface area contributed by atoms with Gasteiger partial charge in [0.1, 0.15) is 5.75 Å². The summed E-state index contributed by atoms with van der Waals surface area (Å²) in [5.41, 5.74) is 7.29. The zero-order valence-electron chi connectivity index (χ0n) is 9.71. The van der Waals surface area contributed by atoms with Gasteiger partial charge in [0, 0.05) is 12.6 Å². The van der Waals surface area contributed by atoms with Crippen LogP contribution in [0, 0.1) is 6.42 Å². The van der Waals surface area contributed by atoms with E-state index in [4.69, 9.17) is 5.73 Å². The number of pyridine rings is 1. The Hall–Kier alpha value is -2.36. The molecule has 0 aliphatic carbocycles. The van der Waals surface area contributed by atoms with Crippen LogP contribution in [0.3, 0.4) is 0 Å². The maximum absolute atomic E-state index is 11.2. The fourth-order valence-corrected chi connectivity index (χ4v) is 1.64. The number of nitrogens with zero attached hydrogens (tertiary/aromatic N) is 1. The lowest BCUT2D eigenvalue weighted by atomic mass is 10.0. The normalized spacial score (nSPS) is 10.2. The van der Waals surface area contributed by atoms with Gasteiger partial charge in [-0.25, -0.2) is 0 Å². The average molecular weight is 241 g/mol. The third kappa shape index (κ3) is 2.85. The summed E-state index contributed by atoms with van der Waals surface area (Å²) in [4.78, 5) is 15.3. The molecule has 0 fully saturated rings. The molecule has 2 aromatic rings. The van der Waals surface area contributed by atoms with Gasteiger partial charge in [0.25, 0.3) is 5.91 Å². The Kier molecular flexibility index (Phi) is 3.57. The lowest BCUT2D eigenvalue weighted by Crippen LogP contribution is -2.14. The third-order valence-electron chi connectivity index (χ3n) is 2.57. The number of benzene rings is 1. The summed E-state index contributed by atoms with van der Waals surface area (Å²) in [6.45, 7) is 0. The van der Waals surface area contributed by atoms with Crippen LogP contribution in [0.5, 0.6) is 5.75 Å². The van der Waals surface area contributed by atoms with Crippen LogP contribution in [-0.4, -0.2) is 16.0 Å². The molecule has 2 rings (SSSR count). The molecule has 1 radical (unpaired) electrons. The number of carbonyl (C=O) groups is 1. The monoisotopic (exact) mass is 241 g/mol. The van der Waals surface area contributed by atoms with E-state index in [0.29, 0.717) is 17.7 Å². The SMILES string of the molecule is NC(=O)c1cccnc1[CH]Cc1ccc(O)cc1. The molecule has 1 amide bonds. The minimum atomic E-state index is -0.486. The Balaban J connectivity index is 2.10. The molecule has 1 aromatic heterocycles. The van der Waals surface area contributed by atoms with Crippen LogP contribution in [0.1, 0.15) is 21.6 Å². The highest BCUT2D eigenvalue weighted by Crippen LogP contribution is 2.14. The summed E-state index contributed by atoms with van der Waals surface area (Å²) in [5.74, 6) is -0.255. The highest BCUT2D eigenvalue weighted by atomic mass is 16.3. The van der Waals surface area contributed by atoms with Crippen molar-refractivity contribution in [3.8, 4) is 5.75 Å². The van der Waals surface area contributed by atoms with E-state index in [1.54, 1.807) is 30.5 Å². The van der Waals surface area contributed by atoms with Crippen LogP contribution in [0.25, 0.3) is 0 Å². The van der Waals surface area contributed by atoms with E-state index in [2.05, 4.69) is 4.98 Å². The fraction of sp³-hybridized carbons (Fsp3) is 0.0714. The number of amides is 1. The fourth-order valence-electron chi connectivity index (χ4n) is 1.64. The summed E-state index contributed by atoms with van der Waals surface area (Å²) in [5, 5.41) is 9.18. The summed E-state index contributed by atoms with van der Waals surface area (Å²) in [6.07, 6.45) is 4.08. The van der Waals surface area contributed by atoms with Crippen LogP contribution in [-0.2, 0) is 6.42 Å². The van der Waals surface area contributed by atoms with Crippen molar-refractivity contribution < 1.29 is 9.90 Å². The first-order chi connectivity index (χ1) is 8.66. The van der Waals surface area contributed by atoms with Crippen molar-refractivity contribution in [1.29, 1.82) is 0 Å². The van der Waals surface area contributed by atoms with Crippen molar-refractivity contribution in [2.24, 2.45) is 5.73 Å². The van der Waals surface area contributed by atoms with Crippen LogP contribution in [0.2, 0.25) is 0 Å². The number of carbonyl (C=O) groups excluding carboxylic acids is 1. The van der Waals surface area contributed by atoms with E-state index < -0.39 is 5.91 Å². The van der Waals surface area contributed by atoms with Gasteiger partial charge in [-0.2, -0.15) is 0 Å². The van der Waals surface area contributed by atoms with Crippen LogP contribution < -0.4 is 5.73 Å². The summed E-state index contributed by atoms with van der Waals surface area (Å²) < 4.78 is 0. The van der Waals surface area contributed by atoms with E-state index in [1.807, 2.05) is 18.6 Å². The summed E-state index contributed by atoms with van der Waals surface area (Å²) in [7, 11) is 0.